The van der Waals surface area contributed by atoms with Gasteiger partial charge in [0.25, 0.3) is 5.91 Å². The fraction of sp³-hybridized carbons (Fsp3) is 0.417. The summed E-state index contributed by atoms with van der Waals surface area (Å²) in [4.78, 5) is 12.8. The molecule has 0 heterocycles. The molecule has 1 aromatic carbocycles. The largest absolute Gasteiger partial charge is 0.394 e. The molecule has 4 nitrogen and oxygen atoms in total. The molecule has 0 radical (unpaired) electrons. The highest BCUT2D eigenvalue weighted by Crippen LogP contribution is 2.21. The van der Waals surface area contributed by atoms with Gasteiger partial charge in [-0.25, -0.2) is 0 Å². The fourth-order valence-electron chi connectivity index (χ4n) is 1.44. The van der Waals surface area contributed by atoms with E-state index >= 15 is 0 Å². The molecule has 0 aliphatic heterocycles. The number of carbonyl (C=O) groups is 1. The summed E-state index contributed by atoms with van der Waals surface area (Å²) in [5, 5.41) is 21.3. The minimum Gasteiger partial charge on any atom is -0.394 e. The Morgan fingerprint density at radius 2 is 2.06 bits per heavy atom. The second kappa shape index (κ2) is 6.56. The lowest BCUT2D eigenvalue weighted by Gasteiger charge is -2.29. The average Bonchev–Trinajstić information content (AvgIpc) is 2.38. The fourth-order valence-corrected chi connectivity index (χ4v) is 2.07. The van der Waals surface area contributed by atoms with E-state index < -0.39 is 5.54 Å². The Hall–Kier alpha value is -0.560. The van der Waals surface area contributed by atoms with Gasteiger partial charge in [0, 0.05) is 9.37 Å². The Morgan fingerprint density at radius 3 is 2.56 bits per heavy atom. The molecule has 100 valence electrons. The molecule has 0 aliphatic carbocycles. The Balaban J connectivity index is 2.97. The van der Waals surface area contributed by atoms with Crippen molar-refractivity contribution >= 4 is 34.5 Å². The lowest BCUT2D eigenvalue weighted by Crippen LogP contribution is -2.53. The van der Waals surface area contributed by atoms with Crippen molar-refractivity contribution in [3.63, 3.8) is 0 Å². The zero-order valence-electron chi connectivity index (χ0n) is 9.98. The van der Waals surface area contributed by atoms with Crippen molar-refractivity contribution in [2.45, 2.75) is 23.8 Å². The first-order valence-electron chi connectivity index (χ1n) is 5.50. The molecule has 0 spiro atoms. The summed E-state index contributed by atoms with van der Waals surface area (Å²) >= 11 is 7.46. The van der Waals surface area contributed by atoms with Crippen LogP contribution in [0.15, 0.2) is 27.6 Å². The number of thiol groups is 1. The average molecular weight is 334 g/mol. The molecule has 6 heteroatoms. The topological polar surface area (TPSA) is 69.6 Å². The van der Waals surface area contributed by atoms with Crippen LogP contribution in [0.5, 0.6) is 0 Å². The van der Waals surface area contributed by atoms with Gasteiger partial charge in [0.15, 0.2) is 0 Å². The maximum Gasteiger partial charge on any atom is 0.253 e. The normalized spacial score (nSPS) is 11.4. The standard InChI is InChI=1S/C12H16BrNO3S/c1-2-12(6-15,7-16)14-11(17)9-5-8(18)3-4-10(9)13/h3-5,15-16,18H,2,6-7H2,1H3,(H,14,17). The van der Waals surface area contributed by atoms with Gasteiger partial charge in [0.2, 0.25) is 0 Å². The van der Waals surface area contributed by atoms with E-state index in [0.29, 0.717) is 21.4 Å². The van der Waals surface area contributed by atoms with Gasteiger partial charge in [-0.2, -0.15) is 0 Å². The van der Waals surface area contributed by atoms with Crippen LogP contribution in [-0.4, -0.2) is 34.9 Å². The third-order valence-corrected chi connectivity index (χ3v) is 3.83. The van der Waals surface area contributed by atoms with Gasteiger partial charge in [-0.3, -0.25) is 4.79 Å². The zero-order valence-corrected chi connectivity index (χ0v) is 12.5. The molecule has 0 saturated heterocycles. The van der Waals surface area contributed by atoms with Gasteiger partial charge < -0.3 is 15.5 Å². The number of carbonyl (C=O) groups excluding carboxylic acids is 1. The Morgan fingerprint density at radius 1 is 1.44 bits per heavy atom. The van der Waals surface area contributed by atoms with Crippen molar-refractivity contribution in [1.82, 2.24) is 5.32 Å². The van der Waals surface area contributed by atoms with Crippen LogP contribution in [0, 0.1) is 0 Å². The molecular formula is C12H16BrNO3S. The number of amides is 1. The molecular weight excluding hydrogens is 318 g/mol. The van der Waals surface area contributed by atoms with Gasteiger partial charge in [-0.15, -0.1) is 12.6 Å². The molecule has 1 rings (SSSR count). The summed E-state index contributed by atoms with van der Waals surface area (Å²) in [5.74, 6) is -0.359. The highest BCUT2D eigenvalue weighted by Gasteiger charge is 2.29. The van der Waals surface area contributed by atoms with Crippen LogP contribution in [0.25, 0.3) is 0 Å². The SMILES string of the molecule is CCC(CO)(CO)NC(=O)c1cc(S)ccc1Br. The summed E-state index contributed by atoms with van der Waals surface area (Å²) in [6.07, 6.45) is 0.434. The van der Waals surface area contributed by atoms with Gasteiger partial charge >= 0.3 is 0 Å². The first-order chi connectivity index (χ1) is 8.48. The second-order valence-electron chi connectivity index (χ2n) is 4.07. The zero-order chi connectivity index (χ0) is 13.8. The number of benzene rings is 1. The lowest BCUT2D eigenvalue weighted by molar-refractivity contribution is 0.0652. The Labute approximate surface area is 120 Å². The number of rotatable bonds is 5. The molecule has 1 amide bonds. The van der Waals surface area contributed by atoms with E-state index in [1.54, 1.807) is 25.1 Å². The molecule has 0 atom stereocenters. The van der Waals surface area contributed by atoms with E-state index in [0.717, 1.165) is 0 Å². The Kier molecular flexibility index (Phi) is 5.65. The highest BCUT2D eigenvalue weighted by atomic mass is 79.9. The van der Waals surface area contributed by atoms with E-state index in [9.17, 15) is 15.0 Å². The number of aliphatic hydroxyl groups excluding tert-OH is 2. The van der Waals surface area contributed by atoms with Crippen molar-refractivity contribution in [2.75, 3.05) is 13.2 Å². The summed E-state index contributed by atoms with van der Waals surface area (Å²) in [7, 11) is 0. The minimum atomic E-state index is -0.997. The van der Waals surface area contributed by atoms with Gasteiger partial charge in [-0.05, 0) is 40.5 Å². The molecule has 0 fully saturated rings. The third-order valence-electron chi connectivity index (χ3n) is 2.86. The van der Waals surface area contributed by atoms with Crippen molar-refractivity contribution in [3.8, 4) is 0 Å². The van der Waals surface area contributed by atoms with Crippen LogP contribution < -0.4 is 5.32 Å². The molecule has 0 aliphatic rings. The Bertz CT molecular complexity index is 427. The van der Waals surface area contributed by atoms with Crippen molar-refractivity contribution in [1.29, 1.82) is 0 Å². The van der Waals surface area contributed by atoms with Crippen molar-refractivity contribution < 1.29 is 15.0 Å². The summed E-state index contributed by atoms with van der Waals surface area (Å²) < 4.78 is 0.638. The maximum atomic E-state index is 12.1. The lowest BCUT2D eigenvalue weighted by atomic mass is 9.98. The van der Waals surface area contributed by atoms with Crippen LogP contribution >= 0.6 is 28.6 Å². The maximum absolute atomic E-state index is 12.1. The van der Waals surface area contributed by atoms with Crippen molar-refractivity contribution in [3.05, 3.63) is 28.2 Å². The quantitative estimate of drug-likeness (QED) is 0.619. The molecule has 18 heavy (non-hydrogen) atoms. The predicted octanol–water partition coefficient (Wildman–Crippen LogP) is 1.60. The van der Waals surface area contributed by atoms with Crippen LogP contribution in [0.2, 0.25) is 0 Å². The van der Waals surface area contributed by atoms with Crippen LogP contribution in [0.1, 0.15) is 23.7 Å². The van der Waals surface area contributed by atoms with Crippen LogP contribution in [0.4, 0.5) is 0 Å². The molecule has 0 bridgehead atoms. The van der Waals surface area contributed by atoms with Crippen LogP contribution in [-0.2, 0) is 0 Å². The summed E-state index contributed by atoms with van der Waals surface area (Å²) in [6, 6.07) is 5.11. The monoisotopic (exact) mass is 333 g/mol. The molecule has 0 saturated carbocycles. The number of halogens is 1. The van der Waals surface area contributed by atoms with E-state index in [1.807, 2.05) is 0 Å². The highest BCUT2D eigenvalue weighted by molar-refractivity contribution is 9.10. The number of hydrogen-bond acceptors (Lipinski definition) is 4. The van der Waals surface area contributed by atoms with Gasteiger partial charge in [-0.1, -0.05) is 6.92 Å². The van der Waals surface area contributed by atoms with E-state index in [-0.39, 0.29) is 19.1 Å². The smallest absolute Gasteiger partial charge is 0.253 e. The minimum absolute atomic E-state index is 0.316. The number of hydrogen-bond donors (Lipinski definition) is 4. The number of aliphatic hydroxyl groups is 2. The third kappa shape index (κ3) is 3.47. The van der Waals surface area contributed by atoms with E-state index in [2.05, 4.69) is 33.9 Å². The molecule has 1 aromatic rings. The van der Waals surface area contributed by atoms with Crippen molar-refractivity contribution in [2.24, 2.45) is 0 Å². The summed E-state index contributed by atoms with van der Waals surface area (Å²) in [6.45, 7) is 1.16. The molecule has 0 aromatic heterocycles. The van der Waals surface area contributed by atoms with E-state index in [1.165, 1.54) is 0 Å². The van der Waals surface area contributed by atoms with E-state index in [4.69, 9.17) is 0 Å². The first-order valence-corrected chi connectivity index (χ1v) is 6.75. The first kappa shape index (κ1) is 15.5. The van der Waals surface area contributed by atoms with Gasteiger partial charge in [0.05, 0.1) is 24.3 Å². The summed E-state index contributed by atoms with van der Waals surface area (Å²) in [5.41, 5.74) is -0.578. The molecule has 0 unspecified atom stereocenters. The van der Waals surface area contributed by atoms with Gasteiger partial charge in [0.1, 0.15) is 0 Å². The van der Waals surface area contributed by atoms with Crippen LogP contribution in [0.3, 0.4) is 0 Å². The molecule has 3 N–H and O–H groups in total. The number of nitrogens with one attached hydrogen (secondary N) is 1. The predicted molar refractivity (Wildman–Crippen MR) is 76.1 cm³/mol. The second-order valence-corrected chi connectivity index (χ2v) is 5.44.